The van der Waals surface area contributed by atoms with E-state index in [1.807, 2.05) is 42.6 Å². The lowest BCUT2D eigenvalue weighted by atomic mass is 10.2. The molecule has 1 aliphatic rings. The van der Waals surface area contributed by atoms with Gasteiger partial charge in [-0.25, -0.2) is 0 Å². The van der Waals surface area contributed by atoms with Gasteiger partial charge in [-0.2, -0.15) is 0 Å². The number of para-hydroxylation sites is 1. The van der Waals surface area contributed by atoms with Gasteiger partial charge in [-0.1, -0.05) is 31.0 Å². The van der Waals surface area contributed by atoms with Gasteiger partial charge in [0.05, 0.1) is 4.88 Å². The summed E-state index contributed by atoms with van der Waals surface area (Å²) in [6.07, 6.45) is 4.68. The van der Waals surface area contributed by atoms with Crippen molar-refractivity contribution < 1.29 is 9.53 Å². The predicted octanol–water partition coefficient (Wildman–Crippen LogP) is 4.31. The Morgan fingerprint density at radius 3 is 2.86 bits per heavy atom. The summed E-state index contributed by atoms with van der Waals surface area (Å²) in [5.41, 5.74) is 2.17. The third-order valence-electron chi connectivity index (χ3n) is 4.06. The first-order valence-electron chi connectivity index (χ1n) is 7.79. The van der Waals surface area contributed by atoms with Crippen molar-refractivity contribution in [3.05, 3.63) is 51.7 Å². The Kier molecular flexibility index (Phi) is 4.78. The highest BCUT2D eigenvalue weighted by Crippen LogP contribution is 2.22. The molecule has 1 fully saturated rings. The van der Waals surface area contributed by atoms with E-state index in [9.17, 15) is 4.79 Å². The number of amides is 1. The molecule has 1 aromatic carbocycles. The molecule has 1 N–H and O–H groups in total. The topological polar surface area (TPSA) is 38.3 Å². The molecule has 1 aromatic heterocycles. The van der Waals surface area contributed by atoms with E-state index in [-0.39, 0.29) is 5.91 Å². The van der Waals surface area contributed by atoms with Crippen LogP contribution in [0.2, 0.25) is 0 Å². The SMILES string of the molecule is Cc1ccccc1OCc1csc(C(=O)NC2CCCC2)c1. The molecular weight excluding hydrogens is 294 g/mol. The van der Waals surface area contributed by atoms with Gasteiger partial charge in [-0.05, 0) is 42.8 Å². The Morgan fingerprint density at radius 2 is 2.09 bits per heavy atom. The van der Waals surface area contributed by atoms with Crippen LogP contribution >= 0.6 is 11.3 Å². The largest absolute Gasteiger partial charge is 0.489 e. The Morgan fingerprint density at radius 1 is 1.32 bits per heavy atom. The van der Waals surface area contributed by atoms with E-state index in [1.54, 1.807) is 0 Å². The zero-order valence-electron chi connectivity index (χ0n) is 12.8. The average Bonchev–Trinajstić information content (AvgIpc) is 3.18. The zero-order chi connectivity index (χ0) is 15.4. The molecule has 0 bridgehead atoms. The quantitative estimate of drug-likeness (QED) is 0.893. The second-order valence-corrected chi connectivity index (χ2v) is 6.74. The fourth-order valence-corrected chi connectivity index (χ4v) is 3.58. The molecule has 3 rings (SSSR count). The van der Waals surface area contributed by atoms with Crippen LogP contribution in [0, 0.1) is 6.92 Å². The van der Waals surface area contributed by atoms with E-state index in [0.29, 0.717) is 12.6 Å². The minimum atomic E-state index is 0.0547. The summed E-state index contributed by atoms with van der Waals surface area (Å²) in [6.45, 7) is 2.53. The first-order chi connectivity index (χ1) is 10.7. The van der Waals surface area contributed by atoms with E-state index in [0.717, 1.165) is 34.6 Å². The molecule has 1 heterocycles. The molecule has 1 aliphatic carbocycles. The lowest BCUT2D eigenvalue weighted by Gasteiger charge is -2.10. The number of ether oxygens (including phenoxy) is 1. The van der Waals surface area contributed by atoms with Crippen LogP contribution in [0.4, 0.5) is 0 Å². The summed E-state index contributed by atoms with van der Waals surface area (Å²) in [5.74, 6) is 0.949. The van der Waals surface area contributed by atoms with Crippen LogP contribution < -0.4 is 10.1 Å². The number of carbonyl (C=O) groups excluding carboxylic acids is 1. The fraction of sp³-hybridized carbons (Fsp3) is 0.389. The Hall–Kier alpha value is -1.81. The van der Waals surface area contributed by atoms with E-state index in [1.165, 1.54) is 24.2 Å². The number of thiophene rings is 1. The first-order valence-corrected chi connectivity index (χ1v) is 8.67. The Bertz CT molecular complexity index is 644. The molecule has 2 aromatic rings. The minimum Gasteiger partial charge on any atom is -0.489 e. The zero-order valence-corrected chi connectivity index (χ0v) is 13.6. The van der Waals surface area contributed by atoms with E-state index < -0.39 is 0 Å². The molecule has 116 valence electrons. The van der Waals surface area contributed by atoms with Gasteiger partial charge in [-0.3, -0.25) is 4.79 Å². The van der Waals surface area contributed by atoms with Gasteiger partial charge >= 0.3 is 0 Å². The van der Waals surface area contributed by atoms with Gasteiger partial charge in [0.2, 0.25) is 0 Å². The normalized spacial score (nSPS) is 15.0. The van der Waals surface area contributed by atoms with Crippen molar-refractivity contribution >= 4 is 17.2 Å². The molecule has 0 radical (unpaired) electrons. The number of rotatable bonds is 5. The predicted molar refractivity (Wildman–Crippen MR) is 89.6 cm³/mol. The van der Waals surface area contributed by atoms with Crippen molar-refractivity contribution in [3.8, 4) is 5.75 Å². The fourth-order valence-electron chi connectivity index (χ4n) is 2.78. The average molecular weight is 315 g/mol. The van der Waals surface area contributed by atoms with Crippen LogP contribution in [0.3, 0.4) is 0 Å². The van der Waals surface area contributed by atoms with Crippen LogP contribution in [0.5, 0.6) is 5.75 Å². The second kappa shape index (κ2) is 6.97. The molecule has 0 saturated heterocycles. The smallest absolute Gasteiger partial charge is 0.261 e. The number of nitrogens with one attached hydrogen (secondary N) is 1. The van der Waals surface area contributed by atoms with Crippen molar-refractivity contribution in [2.24, 2.45) is 0 Å². The van der Waals surface area contributed by atoms with Crippen LogP contribution in [0.1, 0.15) is 46.5 Å². The Labute approximate surface area is 135 Å². The molecule has 1 amide bonds. The first kappa shape index (κ1) is 15.1. The van der Waals surface area contributed by atoms with Gasteiger partial charge in [0.15, 0.2) is 0 Å². The maximum Gasteiger partial charge on any atom is 0.261 e. The van der Waals surface area contributed by atoms with Gasteiger partial charge < -0.3 is 10.1 Å². The van der Waals surface area contributed by atoms with E-state index in [2.05, 4.69) is 5.32 Å². The standard InChI is InChI=1S/C18H21NO2S/c1-13-6-2-5-9-16(13)21-11-14-10-17(22-12-14)18(20)19-15-7-3-4-8-15/h2,5-6,9-10,12,15H,3-4,7-8,11H2,1H3,(H,19,20). The number of aryl methyl sites for hydroxylation is 1. The van der Waals surface area contributed by atoms with Crippen LogP contribution in [0.15, 0.2) is 35.7 Å². The third-order valence-corrected chi connectivity index (χ3v) is 5.03. The Balaban J connectivity index is 1.56. The lowest BCUT2D eigenvalue weighted by Crippen LogP contribution is -2.31. The monoisotopic (exact) mass is 315 g/mol. The van der Waals surface area contributed by atoms with E-state index in [4.69, 9.17) is 4.74 Å². The van der Waals surface area contributed by atoms with Crippen LogP contribution in [-0.4, -0.2) is 11.9 Å². The lowest BCUT2D eigenvalue weighted by molar-refractivity contribution is 0.0942. The number of benzene rings is 1. The van der Waals surface area contributed by atoms with Crippen LogP contribution in [-0.2, 0) is 6.61 Å². The second-order valence-electron chi connectivity index (χ2n) is 5.83. The van der Waals surface area contributed by atoms with Crippen molar-refractivity contribution in [1.29, 1.82) is 0 Å². The summed E-state index contributed by atoms with van der Waals surface area (Å²) in [4.78, 5) is 13.0. The maximum atomic E-state index is 12.2. The summed E-state index contributed by atoms with van der Waals surface area (Å²) in [6, 6.07) is 10.3. The number of hydrogen-bond donors (Lipinski definition) is 1. The molecule has 0 unspecified atom stereocenters. The van der Waals surface area contributed by atoms with Gasteiger partial charge in [-0.15, -0.1) is 11.3 Å². The van der Waals surface area contributed by atoms with Crippen molar-refractivity contribution in [1.82, 2.24) is 5.32 Å². The molecule has 3 nitrogen and oxygen atoms in total. The highest BCUT2D eigenvalue weighted by molar-refractivity contribution is 7.12. The van der Waals surface area contributed by atoms with Crippen molar-refractivity contribution in [2.45, 2.75) is 45.3 Å². The highest BCUT2D eigenvalue weighted by Gasteiger charge is 2.18. The summed E-state index contributed by atoms with van der Waals surface area (Å²) < 4.78 is 5.82. The van der Waals surface area contributed by atoms with Crippen molar-refractivity contribution in [3.63, 3.8) is 0 Å². The molecule has 0 aliphatic heterocycles. The molecule has 0 atom stereocenters. The molecule has 1 saturated carbocycles. The van der Waals surface area contributed by atoms with Crippen LogP contribution in [0.25, 0.3) is 0 Å². The summed E-state index contributed by atoms with van der Waals surface area (Å²) in [7, 11) is 0. The summed E-state index contributed by atoms with van der Waals surface area (Å²) in [5, 5.41) is 5.12. The van der Waals surface area contributed by atoms with Gasteiger partial charge in [0.1, 0.15) is 12.4 Å². The number of hydrogen-bond acceptors (Lipinski definition) is 3. The third kappa shape index (κ3) is 3.69. The summed E-state index contributed by atoms with van der Waals surface area (Å²) >= 11 is 1.49. The van der Waals surface area contributed by atoms with E-state index >= 15 is 0 Å². The highest BCUT2D eigenvalue weighted by atomic mass is 32.1. The van der Waals surface area contributed by atoms with Crippen molar-refractivity contribution in [2.75, 3.05) is 0 Å². The number of carbonyl (C=O) groups is 1. The molecule has 22 heavy (non-hydrogen) atoms. The minimum absolute atomic E-state index is 0.0547. The maximum absolute atomic E-state index is 12.2. The molecule has 0 spiro atoms. The van der Waals surface area contributed by atoms with Gasteiger partial charge in [0, 0.05) is 11.6 Å². The molecule has 4 heteroatoms. The van der Waals surface area contributed by atoms with Gasteiger partial charge in [0.25, 0.3) is 5.91 Å². The molecular formula is C18H21NO2S.